The second kappa shape index (κ2) is 6.13. The molecule has 1 amide bonds. The molecule has 1 aromatic rings. The Morgan fingerprint density at radius 1 is 1.33 bits per heavy atom. The quantitative estimate of drug-likeness (QED) is 0.774. The predicted octanol–water partition coefficient (Wildman–Crippen LogP) is 0.975. The molecule has 0 saturated carbocycles. The van der Waals surface area contributed by atoms with Crippen LogP contribution in [0, 0.1) is 0 Å². The van der Waals surface area contributed by atoms with Crippen LogP contribution in [0.25, 0.3) is 0 Å². The van der Waals surface area contributed by atoms with Gasteiger partial charge >= 0.3 is 0 Å². The highest BCUT2D eigenvalue weighted by Crippen LogP contribution is 2.29. The molecular formula is C13H18N2O4S2. The zero-order chi connectivity index (χ0) is 14.9. The summed E-state index contributed by atoms with van der Waals surface area (Å²) < 4.78 is 31.9. The number of hydrogen-bond donors (Lipinski definition) is 0. The Bertz CT molecular complexity index is 540. The summed E-state index contributed by atoms with van der Waals surface area (Å²) in [6.45, 7) is 2.26. The zero-order valence-electron chi connectivity index (χ0n) is 11.6. The Morgan fingerprint density at radius 2 is 2.10 bits per heavy atom. The van der Waals surface area contributed by atoms with E-state index in [0.29, 0.717) is 43.3 Å². The average Bonchev–Trinajstić information content (AvgIpc) is 3.03. The molecule has 1 atom stereocenters. The number of ether oxygens (including phenoxy) is 1. The first-order valence-corrected chi connectivity index (χ1v) is 9.32. The summed E-state index contributed by atoms with van der Waals surface area (Å²) in [5.74, 6) is 0.0146. The highest BCUT2D eigenvalue weighted by Gasteiger charge is 2.37. The number of carbonyl (C=O) groups is 1. The molecule has 6 nitrogen and oxygen atoms in total. The van der Waals surface area contributed by atoms with Crippen molar-refractivity contribution in [3.8, 4) is 0 Å². The SMILES string of the molecule is O=C1COCCN1C1CCN([S+](=O)([O-])c2cccs2)CC1. The van der Waals surface area contributed by atoms with E-state index in [9.17, 15) is 13.6 Å². The van der Waals surface area contributed by atoms with Gasteiger partial charge in [-0.1, -0.05) is 15.5 Å². The van der Waals surface area contributed by atoms with Crippen LogP contribution in [0.3, 0.4) is 0 Å². The van der Waals surface area contributed by atoms with Gasteiger partial charge in [-0.3, -0.25) is 4.79 Å². The van der Waals surface area contributed by atoms with Gasteiger partial charge in [0.05, 0.1) is 6.61 Å². The van der Waals surface area contributed by atoms with Crippen LogP contribution < -0.4 is 0 Å². The summed E-state index contributed by atoms with van der Waals surface area (Å²) in [4.78, 5) is 13.7. The summed E-state index contributed by atoms with van der Waals surface area (Å²) in [6, 6.07) is 3.52. The molecule has 3 heterocycles. The Labute approximate surface area is 129 Å². The van der Waals surface area contributed by atoms with E-state index in [2.05, 4.69) is 0 Å². The topological polar surface area (TPSA) is 72.9 Å². The molecule has 0 spiro atoms. The lowest BCUT2D eigenvalue weighted by atomic mass is 10.0. The van der Waals surface area contributed by atoms with E-state index in [1.165, 1.54) is 15.6 Å². The van der Waals surface area contributed by atoms with Crippen LogP contribution in [0.5, 0.6) is 0 Å². The maximum atomic E-state index is 12.4. The van der Waals surface area contributed by atoms with Crippen molar-refractivity contribution in [2.24, 2.45) is 0 Å². The first kappa shape index (κ1) is 15.1. The number of amides is 1. The van der Waals surface area contributed by atoms with E-state index in [-0.39, 0.29) is 18.6 Å². The van der Waals surface area contributed by atoms with Gasteiger partial charge in [0.1, 0.15) is 6.61 Å². The standard InChI is InChI=1S/C13H18N2O4S2/c16-12-10-19-8-7-15(12)11-3-5-14(6-4-11)21(17,18)13-2-1-9-20-13/h1-2,9,11H,3-8,10H2. The molecule has 0 N–H and O–H groups in total. The summed E-state index contributed by atoms with van der Waals surface area (Å²) in [5, 5.41) is 1.77. The molecule has 2 aliphatic heterocycles. The number of thiophene rings is 1. The van der Waals surface area contributed by atoms with E-state index in [1.807, 2.05) is 4.90 Å². The molecule has 2 saturated heterocycles. The Morgan fingerprint density at radius 3 is 2.71 bits per heavy atom. The van der Waals surface area contributed by atoms with Crippen LogP contribution in [0.15, 0.2) is 21.7 Å². The van der Waals surface area contributed by atoms with E-state index < -0.39 is 10.4 Å². The van der Waals surface area contributed by atoms with Crippen LogP contribution in [0.1, 0.15) is 12.8 Å². The second-order valence-corrected chi connectivity index (χ2v) is 8.32. The molecule has 0 bridgehead atoms. The van der Waals surface area contributed by atoms with Crippen molar-refractivity contribution in [1.29, 1.82) is 0 Å². The number of morpholine rings is 1. The summed E-state index contributed by atoms with van der Waals surface area (Å²) in [7, 11) is -3.36. The van der Waals surface area contributed by atoms with Gasteiger partial charge in [-0.05, 0) is 24.3 Å². The molecule has 1 unspecified atom stereocenters. The van der Waals surface area contributed by atoms with Gasteiger partial charge < -0.3 is 14.2 Å². The molecule has 3 rings (SSSR count). The molecule has 0 radical (unpaired) electrons. The van der Waals surface area contributed by atoms with Crippen molar-refractivity contribution in [2.75, 3.05) is 32.8 Å². The second-order valence-electron chi connectivity index (χ2n) is 5.21. The largest absolute Gasteiger partial charge is 0.592 e. The van der Waals surface area contributed by atoms with Gasteiger partial charge in [0.25, 0.3) is 0 Å². The van der Waals surface area contributed by atoms with Gasteiger partial charge in [0.15, 0.2) is 10.4 Å². The Balaban J connectivity index is 1.62. The third kappa shape index (κ3) is 3.04. The average molecular weight is 330 g/mol. The molecule has 0 aliphatic carbocycles. The maximum Gasteiger partial charge on any atom is 0.248 e. The fourth-order valence-corrected chi connectivity index (χ4v) is 5.46. The van der Waals surface area contributed by atoms with E-state index in [4.69, 9.17) is 4.74 Å². The fourth-order valence-electron chi connectivity index (χ4n) is 2.85. The molecule has 0 aromatic carbocycles. The van der Waals surface area contributed by atoms with Crippen LogP contribution in [-0.2, 0) is 24.1 Å². The first-order valence-electron chi connectivity index (χ1n) is 7.00. The lowest BCUT2D eigenvalue weighted by molar-refractivity contribution is -0.146. The summed E-state index contributed by atoms with van der Waals surface area (Å²) in [6.07, 6.45) is 1.38. The number of piperidine rings is 1. The van der Waals surface area contributed by atoms with Crippen LogP contribution in [-0.4, -0.2) is 58.6 Å². The molecule has 2 fully saturated rings. The van der Waals surface area contributed by atoms with Crippen molar-refractivity contribution >= 4 is 27.6 Å². The lowest BCUT2D eigenvalue weighted by Crippen LogP contribution is -2.53. The predicted molar refractivity (Wildman–Crippen MR) is 78.5 cm³/mol. The number of nitrogens with zero attached hydrogens (tertiary/aromatic N) is 2. The molecular weight excluding hydrogens is 312 g/mol. The van der Waals surface area contributed by atoms with E-state index >= 15 is 0 Å². The maximum absolute atomic E-state index is 12.4. The lowest BCUT2D eigenvalue weighted by Gasteiger charge is -2.39. The summed E-state index contributed by atoms with van der Waals surface area (Å²) in [5.41, 5.74) is 0. The molecule has 1 aromatic heterocycles. The molecule has 2 aliphatic rings. The van der Waals surface area contributed by atoms with Crippen molar-refractivity contribution in [3.63, 3.8) is 0 Å². The number of hydrogen-bond acceptors (Lipinski definition) is 5. The van der Waals surface area contributed by atoms with E-state index in [1.54, 1.807) is 17.5 Å². The highest BCUT2D eigenvalue weighted by molar-refractivity contribution is 7.97. The van der Waals surface area contributed by atoms with Crippen LogP contribution >= 0.6 is 11.3 Å². The highest BCUT2D eigenvalue weighted by atomic mass is 32.3. The Hall–Kier alpha value is -0.800. The minimum atomic E-state index is -3.36. The molecule has 8 heteroatoms. The molecule has 21 heavy (non-hydrogen) atoms. The van der Waals surface area contributed by atoms with E-state index in [0.717, 1.165) is 0 Å². The molecule has 116 valence electrons. The normalized spacial score (nSPS) is 25.0. The fraction of sp³-hybridized carbons (Fsp3) is 0.615. The Kier molecular flexibility index (Phi) is 4.41. The smallest absolute Gasteiger partial charge is 0.248 e. The van der Waals surface area contributed by atoms with Crippen molar-refractivity contribution in [3.05, 3.63) is 17.5 Å². The van der Waals surface area contributed by atoms with Crippen molar-refractivity contribution in [1.82, 2.24) is 9.21 Å². The minimum Gasteiger partial charge on any atom is -0.592 e. The van der Waals surface area contributed by atoms with Gasteiger partial charge in [-0.2, -0.15) is 0 Å². The third-order valence-electron chi connectivity index (χ3n) is 3.98. The first-order chi connectivity index (χ1) is 10.1. The van der Waals surface area contributed by atoms with Crippen molar-refractivity contribution < 1.29 is 18.3 Å². The summed E-state index contributed by atoms with van der Waals surface area (Å²) >= 11 is 1.24. The van der Waals surface area contributed by atoms with Crippen LogP contribution in [0.4, 0.5) is 0 Å². The minimum absolute atomic E-state index is 0.0146. The monoisotopic (exact) mass is 330 g/mol. The van der Waals surface area contributed by atoms with Gasteiger partial charge in [0, 0.05) is 31.7 Å². The van der Waals surface area contributed by atoms with Crippen molar-refractivity contribution in [2.45, 2.75) is 23.1 Å². The van der Waals surface area contributed by atoms with Gasteiger partial charge in [0.2, 0.25) is 10.1 Å². The number of rotatable bonds is 3. The zero-order valence-corrected chi connectivity index (χ0v) is 13.2. The third-order valence-corrected chi connectivity index (χ3v) is 7.25. The van der Waals surface area contributed by atoms with Gasteiger partial charge in [-0.25, -0.2) is 0 Å². The number of sulfonamides is 1. The van der Waals surface area contributed by atoms with Gasteiger partial charge in [-0.15, -0.1) is 4.31 Å². The van der Waals surface area contributed by atoms with Crippen LogP contribution in [0.2, 0.25) is 0 Å². The number of carbonyl (C=O) groups excluding carboxylic acids is 1.